The maximum atomic E-state index is 13.2. The number of H-pyrrole nitrogens is 1. The molecule has 2 heterocycles. The van der Waals surface area contributed by atoms with E-state index in [0.717, 1.165) is 0 Å². The molecule has 2 N–H and O–H groups in total. The third kappa shape index (κ3) is 2.88. The number of nitrogens with zero attached hydrogens (tertiary/aromatic N) is 2. The third-order valence-electron chi connectivity index (χ3n) is 2.91. The molecule has 3 aromatic rings. The number of thiophene rings is 1. The molecule has 0 fully saturated rings. The minimum atomic E-state index is -0.349. The van der Waals surface area contributed by atoms with Crippen LogP contribution in [-0.4, -0.2) is 27.6 Å². The van der Waals surface area contributed by atoms with Crippen molar-refractivity contribution in [2.24, 2.45) is 0 Å². The standard InChI is InChI=1S/C13H10ClFN4OS/c14-11-8-2-1-7(15)5-9(8)21-12(11)13(20)16-4-3-10-17-6-18-19-10/h1-2,5-6H,3-4H2,(H,16,20)(H,17,18,19). The first-order chi connectivity index (χ1) is 10.1. The number of fused-ring (bicyclic) bond motifs is 1. The van der Waals surface area contributed by atoms with Crippen molar-refractivity contribution in [3.8, 4) is 0 Å². The third-order valence-corrected chi connectivity index (χ3v) is 4.57. The number of nitrogens with one attached hydrogen (secondary N) is 2. The molecule has 5 nitrogen and oxygen atoms in total. The van der Waals surface area contributed by atoms with Crippen LogP contribution in [0, 0.1) is 5.82 Å². The minimum Gasteiger partial charge on any atom is -0.351 e. The van der Waals surface area contributed by atoms with E-state index in [-0.39, 0.29) is 11.7 Å². The summed E-state index contributed by atoms with van der Waals surface area (Å²) in [5.41, 5.74) is 0. The maximum absolute atomic E-state index is 13.2. The zero-order valence-electron chi connectivity index (χ0n) is 10.7. The summed E-state index contributed by atoms with van der Waals surface area (Å²) in [6, 6.07) is 4.28. The molecule has 0 spiro atoms. The van der Waals surface area contributed by atoms with E-state index in [1.807, 2.05) is 0 Å². The van der Waals surface area contributed by atoms with Gasteiger partial charge in [-0.25, -0.2) is 9.37 Å². The van der Waals surface area contributed by atoms with Crippen molar-refractivity contribution in [2.75, 3.05) is 6.54 Å². The highest BCUT2D eigenvalue weighted by molar-refractivity contribution is 7.21. The van der Waals surface area contributed by atoms with Gasteiger partial charge >= 0.3 is 0 Å². The lowest BCUT2D eigenvalue weighted by molar-refractivity contribution is 0.0958. The van der Waals surface area contributed by atoms with E-state index in [1.165, 1.54) is 29.8 Å². The Bertz CT molecular complexity index is 787. The number of halogens is 2. The van der Waals surface area contributed by atoms with Crippen LogP contribution in [0.5, 0.6) is 0 Å². The van der Waals surface area contributed by atoms with Crippen LogP contribution in [0.3, 0.4) is 0 Å². The Morgan fingerprint density at radius 2 is 2.33 bits per heavy atom. The Morgan fingerprint density at radius 1 is 1.48 bits per heavy atom. The van der Waals surface area contributed by atoms with Gasteiger partial charge in [0.05, 0.1) is 5.02 Å². The van der Waals surface area contributed by atoms with Crippen molar-refractivity contribution >= 4 is 38.9 Å². The van der Waals surface area contributed by atoms with Crippen LogP contribution < -0.4 is 5.32 Å². The molecule has 1 amide bonds. The topological polar surface area (TPSA) is 70.7 Å². The smallest absolute Gasteiger partial charge is 0.262 e. The van der Waals surface area contributed by atoms with Gasteiger partial charge in [-0.1, -0.05) is 11.6 Å². The fourth-order valence-electron chi connectivity index (χ4n) is 1.91. The van der Waals surface area contributed by atoms with E-state index in [1.54, 1.807) is 6.07 Å². The van der Waals surface area contributed by atoms with E-state index in [0.29, 0.717) is 38.8 Å². The number of benzene rings is 1. The Balaban J connectivity index is 1.73. The second-order valence-electron chi connectivity index (χ2n) is 4.32. The Hall–Kier alpha value is -1.99. The Kier molecular flexibility index (Phi) is 3.85. The van der Waals surface area contributed by atoms with E-state index in [4.69, 9.17) is 11.6 Å². The van der Waals surface area contributed by atoms with Gasteiger partial charge in [0, 0.05) is 23.1 Å². The highest BCUT2D eigenvalue weighted by Gasteiger charge is 2.17. The van der Waals surface area contributed by atoms with Gasteiger partial charge < -0.3 is 5.32 Å². The largest absolute Gasteiger partial charge is 0.351 e. The number of hydrogen-bond acceptors (Lipinski definition) is 4. The first-order valence-electron chi connectivity index (χ1n) is 6.15. The number of carbonyl (C=O) groups is 1. The molecule has 0 unspecified atom stereocenters. The fourth-order valence-corrected chi connectivity index (χ4v) is 3.37. The number of aromatic amines is 1. The molecule has 1 aromatic carbocycles. The second kappa shape index (κ2) is 5.79. The number of rotatable bonds is 4. The zero-order valence-corrected chi connectivity index (χ0v) is 12.3. The average Bonchev–Trinajstić information content (AvgIpc) is 3.07. The minimum absolute atomic E-state index is 0.277. The van der Waals surface area contributed by atoms with Crippen LogP contribution in [-0.2, 0) is 6.42 Å². The maximum Gasteiger partial charge on any atom is 0.262 e. The van der Waals surface area contributed by atoms with Crippen molar-refractivity contribution in [1.82, 2.24) is 20.5 Å². The van der Waals surface area contributed by atoms with Crippen LogP contribution in [0.25, 0.3) is 10.1 Å². The fraction of sp³-hybridized carbons (Fsp3) is 0.154. The van der Waals surface area contributed by atoms with Gasteiger partial charge in [0.25, 0.3) is 5.91 Å². The van der Waals surface area contributed by atoms with E-state index >= 15 is 0 Å². The summed E-state index contributed by atoms with van der Waals surface area (Å²) >= 11 is 7.36. The molecule has 108 valence electrons. The quantitative estimate of drug-likeness (QED) is 0.775. The van der Waals surface area contributed by atoms with Gasteiger partial charge in [0.2, 0.25) is 0 Å². The highest BCUT2D eigenvalue weighted by Crippen LogP contribution is 2.35. The van der Waals surface area contributed by atoms with E-state index in [2.05, 4.69) is 20.5 Å². The molecule has 0 saturated heterocycles. The van der Waals surface area contributed by atoms with Crippen LogP contribution >= 0.6 is 22.9 Å². The molecule has 3 rings (SSSR count). The van der Waals surface area contributed by atoms with Gasteiger partial charge in [-0.2, -0.15) is 5.10 Å². The first kappa shape index (κ1) is 14.0. The summed E-state index contributed by atoms with van der Waals surface area (Å²) in [5, 5.41) is 10.2. The molecule has 0 atom stereocenters. The number of carbonyl (C=O) groups excluding carboxylic acids is 1. The molecule has 0 aliphatic heterocycles. The molecular formula is C13H10ClFN4OS. The predicted molar refractivity (Wildman–Crippen MR) is 79.2 cm³/mol. The molecule has 0 aliphatic carbocycles. The first-order valence-corrected chi connectivity index (χ1v) is 7.34. The van der Waals surface area contributed by atoms with Crippen molar-refractivity contribution in [3.05, 3.63) is 46.1 Å². The molecule has 0 bridgehead atoms. The van der Waals surface area contributed by atoms with Crippen LogP contribution in [0.1, 0.15) is 15.5 Å². The Morgan fingerprint density at radius 3 is 3.10 bits per heavy atom. The second-order valence-corrected chi connectivity index (χ2v) is 5.75. The summed E-state index contributed by atoms with van der Waals surface area (Å²) in [7, 11) is 0. The van der Waals surface area contributed by atoms with Gasteiger partial charge in [0.1, 0.15) is 22.8 Å². The zero-order chi connectivity index (χ0) is 14.8. The van der Waals surface area contributed by atoms with Crippen LogP contribution in [0.4, 0.5) is 4.39 Å². The summed E-state index contributed by atoms with van der Waals surface area (Å²) in [5.74, 6) is 0.0682. The lowest BCUT2D eigenvalue weighted by Gasteiger charge is -2.02. The van der Waals surface area contributed by atoms with Crippen LogP contribution in [0.15, 0.2) is 24.5 Å². The van der Waals surface area contributed by atoms with Gasteiger partial charge in [-0.3, -0.25) is 9.89 Å². The Labute approximate surface area is 128 Å². The molecule has 2 aromatic heterocycles. The van der Waals surface area contributed by atoms with Gasteiger partial charge in [-0.15, -0.1) is 11.3 Å². The predicted octanol–water partition coefficient (Wildman–Crippen LogP) is 2.78. The number of aromatic nitrogens is 3. The number of amides is 1. The molecule has 8 heteroatoms. The SMILES string of the molecule is O=C(NCCc1ncn[nH]1)c1sc2cc(F)ccc2c1Cl. The van der Waals surface area contributed by atoms with Gasteiger partial charge in [0.15, 0.2) is 0 Å². The van der Waals surface area contributed by atoms with Crippen molar-refractivity contribution in [3.63, 3.8) is 0 Å². The highest BCUT2D eigenvalue weighted by atomic mass is 35.5. The van der Waals surface area contributed by atoms with Crippen molar-refractivity contribution < 1.29 is 9.18 Å². The summed E-state index contributed by atoms with van der Waals surface area (Å²) in [4.78, 5) is 16.5. The normalized spacial score (nSPS) is 11.0. The molecule has 0 aliphatic rings. The monoisotopic (exact) mass is 324 g/mol. The van der Waals surface area contributed by atoms with E-state index in [9.17, 15) is 9.18 Å². The van der Waals surface area contributed by atoms with E-state index < -0.39 is 0 Å². The van der Waals surface area contributed by atoms with Gasteiger partial charge in [-0.05, 0) is 18.2 Å². The lowest BCUT2D eigenvalue weighted by atomic mass is 10.2. The summed E-state index contributed by atoms with van der Waals surface area (Å²) < 4.78 is 13.8. The van der Waals surface area contributed by atoms with Crippen LogP contribution in [0.2, 0.25) is 5.02 Å². The van der Waals surface area contributed by atoms with Crippen molar-refractivity contribution in [2.45, 2.75) is 6.42 Å². The molecule has 21 heavy (non-hydrogen) atoms. The summed E-state index contributed by atoms with van der Waals surface area (Å²) in [6.07, 6.45) is 1.96. The molecule has 0 radical (unpaired) electrons. The molecule has 0 saturated carbocycles. The number of hydrogen-bond donors (Lipinski definition) is 2. The molecular weight excluding hydrogens is 315 g/mol. The summed E-state index contributed by atoms with van der Waals surface area (Å²) in [6.45, 7) is 0.410. The average molecular weight is 325 g/mol. The lowest BCUT2D eigenvalue weighted by Crippen LogP contribution is -2.25. The van der Waals surface area contributed by atoms with Crippen molar-refractivity contribution in [1.29, 1.82) is 0 Å².